The Hall–Kier alpha value is -3.56. The van der Waals surface area contributed by atoms with Crippen molar-refractivity contribution in [3.63, 3.8) is 0 Å². The molecule has 8 nitrogen and oxygen atoms in total. The van der Waals surface area contributed by atoms with Crippen molar-refractivity contribution in [1.29, 1.82) is 0 Å². The molecule has 4 rings (SSSR count). The van der Waals surface area contributed by atoms with Gasteiger partial charge in [0.1, 0.15) is 11.8 Å². The molecule has 0 fully saturated rings. The third-order valence-electron chi connectivity index (χ3n) is 6.80. The predicted molar refractivity (Wildman–Crippen MR) is 148 cm³/mol. The van der Waals surface area contributed by atoms with Gasteiger partial charge in [0.2, 0.25) is 11.8 Å². The highest BCUT2D eigenvalue weighted by molar-refractivity contribution is 7.97. The van der Waals surface area contributed by atoms with E-state index in [0.717, 1.165) is 27.6 Å². The third-order valence-corrected chi connectivity index (χ3v) is 7.19. The van der Waals surface area contributed by atoms with Gasteiger partial charge in [-0.25, -0.2) is 0 Å². The van der Waals surface area contributed by atoms with Gasteiger partial charge in [0.25, 0.3) is 5.91 Å². The van der Waals surface area contributed by atoms with Gasteiger partial charge >= 0.3 is 0 Å². The van der Waals surface area contributed by atoms with E-state index in [2.05, 4.69) is 15.4 Å². The van der Waals surface area contributed by atoms with E-state index in [9.17, 15) is 14.4 Å². The lowest BCUT2D eigenvalue weighted by molar-refractivity contribution is -0.128. The average Bonchev–Trinajstić information content (AvgIpc) is 3.04. The number of aryl methyl sites for hydroxylation is 1. The summed E-state index contributed by atoms with van der Waals surface area (Å²) in [6.07, 6.45) is 2.95. The number of ether oxygens (including phenoxy) is 1. The monoisotopic (exact) mass is 520 g/mol. The fraction of sp³-hybridized carbons (Fsp3) is 0.321. The summed E-state index contributed by atoms with van der Waals surface area (Å²) in [5.74, 6) is 0.0246. The Morgan fingerprint density at radius 1 is 1.11 bits per heavy atom. The van der Waals surface area contributed by atoms with Crippen LogP contribution in [0.15, 0.2) is 54.6 Å². The fourth-order valence-electron chi connectivity index (χ4n) is 4.70. The molecule has 0 saturated heterocycles. The second-order valence-electron chi connectivity index (χ2n) is 8.95. The standard InChI is InChI=1S/C28H32N4O4S/c1-17(29-2)26(33)30-23-14-12-18-8-5-6-11-24(18)32(28(23)35)16-22-19-9-7-10-21(27(34)31-37-4)20(19)13-15-25(22)36-3/h5-11,13,15,17,23,29H,12,14,16H2,1-4H3,(H,30,33)(H,31,34)/t17-,23?/m0/s1. The van der Waals surface area contributed by atoms with Crippen molar-refractivity contribution in [3.05, 3.63) is 71.3 Å². The highest BCUT2D eigenvalue weighted by Crippen LogP contribution is 2.35. The Morgan fingerprint density at radius 2 is 1.89 bits per heavy atom. The van der Waals surface area contributed by atoms with E-state index in [4.69, 9.17) is 4.74 Å². The van der Waals surface area contributed by atoms with Crippen molar-refractivity contribution < 1.29 is 19.1 Å². The van der Waals surface area contributed by atoms with Crippen molar-refractivity contribution >= 4 is 46.1 Å². The zero-order valence-corrected chi connectivity index (χ0v) is 22.3. The molecule has 0 bridgehead atoms. The topological polar surface area (TPSA) is 99.8 Å². The third kappa shape index (κ3) is 5.42. The van der Waals surface area contributed by atoms with E-state index in [0.29, 0.717) is 24.2 Å². The van der Waals surface area contributed by atoms with Gasteiger partial charge in [-0.05, 0) is 67.4 Å². The first-order valence-corrected chi connectivity index (χ1v) is 13.4. The number of likely N-dealkylation sites (N-methyl/N-ethyl adjacent to an activating group) is 1. The molecule has 3 N–H and O–H groups in total. The predicted octanol–water partition coefficient (Wildman–Crippen LogP) is 3.43. The minimum absolute atomic E-state index is 0.183. The molecule has 0 saturated carbocycles. The van der Waals surface area contributed by atoms with Crippen LogP contribution < -0.4 is 25.0 Å². The molecule has 1 heterocycles. The molecule has 0 spiro atoms. The van der Waals surface area contributed by atoms with Gasteiger partial charge < -0.3 is 20.3 Å². The molecule has 2 atom stereocenters. The van der Waals surface area contributed by atoms with Crippen LogP contribution in [0, 0.1) is 0 Å². The number of nitrogens with zero attached hydrogens (tertiary/aromatic N) is 1. The lowest BCUT2D eigenvalue weighted by atomic mass is 9.98. The van der Waals surface area contributed by atoms with Crippen LogP contribution in [0.1, 0.15) is 34.8 Å². The van der Waals surface area contributed by atoms with Gasteiger partial charge in [0.05, 0.1) is 19.7 Å². The van der Waals surface area contributed by atoms with Crippen LogP contribution in [0.3, 0.4) is 0 Å². The minimum Gasteiger partial charge on any atom is -0.496 e. The number of carbonyl (C=O) groups excluding carboxylic acids is 3. The summed E-state index contributed by atoms with van der Waals surface area (Å²) in [6.45, 7) is 1.98. The number of amides is 3. The molecular formula is C28H32N4O4S. The molecule has 3 amide bonds. The lowest BCUT2D eigenvalue weighted by Crippen LogP contribution is -2.52. The second kappa shape index (κ2) is 11.7. The quantitative estimate of drug-likeness (QED) is 0.394. The number of rotatable bonds is 8. The van der Waals surface area contributed by atoms with Crippen molar-refractivity contribution in [2.24, 2.45) is 0 Å². The van der Waals surface area contributed by atoms with Crippen molar-refractivity contribution in [1.82, 2.24) is 15.4 Å². The van der Waals surface area contributed by atoms with Crippen LogP contribution in [0.2, 0.25) is 0 Å². The fourth-order valence-corrected chi connectivity index (χ4v) is 4.99. The average molecular weight is 521 g/mol. The van der Waals surface area contributed by atoms with Crippen LogP contribution in [0.25, 0.3) is 10.8 Å². The van der Waals surface area contributed by atoms with Crippen LogP contribution in [0.5, 0.6) is 5.75 Å². The summed E-state index contributed by atoms with van der Waals surface area (Å²) in [5, 5.41) is 7.46. The van der Waals surface area contributed by atoms with E-state index in [-0.39, 0.29) is 24.3 Å². The van der Waals surface area contributed by atoms with Crippen molar-refractivity contribution in [2.75, 3.05) is 25.3 Å². The maximum absolute atomic E-state index is 13.9. The van der Waals surface area contributed by atoms with E-state index in [1.807, 2.05) is 48.5 Å². The molecule has 194 valence electrons. The van der Waals surface area contributed by atoms with E-state index >= 15 is 0 Å². The van der Waals surface area contributed by atoms with Crippen LogP contribution in [-0.4, -0.2) is 50.2 Å². The van der Waals surface area contributed by atoms with Gasteiger partial charge in [-0.2, -0.15) is 0 Å². The first kappa shape index (κ1) is 26.5. The molecule has 0 aliphatic carbocycles. The number of benzene rings is 3. The first-order valence-electron chi connectivity index (χ1n) is 12.2. The van der Waals surface area contributed by atoms with Crippen LogP contribution >= 0.6 is 11.9 Å². The minimum atomic E-state index is -0.667. The van der Waals surface area contributed by atoms with E-state index in [1.165, 1.54) is 11.9 Å². The highest BCUT2D eigenvalue weighted by Gasteiger charge is 2.33. The smallest absolute Gasteiger partial charge is 0.261 e. The number of para-hydroxylation sites is 1. The molecular weight excluding hydrogens is 488 g/mol. The molecule has 0 aromatic heterocycles. The summed E-state index contributed by atoms with van der Waals surface area (Å²) in [5.41, 5.74) is 3.18. The molecule has 3 aromatic carbocycles. The van der Waals surface area contributed by atoms with Crippen LogP contribution in [-0.2, 0) is 22.6 Å². The van der Waals surface area contributed by atoms with Gasteiger partial charge in [-0.3, -0.25) is 19.1 Å². The Bertz CT molecular complexity index is 1330. The number of hydrogen-bond acceptors (Lipinski definition) is 6. The number of anilines is 1. The largest absolute Gasteiger partial charge is 0.496 e. The Balaban J connectivity index is 1.80. The number of fused-ring (bicyclic) bond motifs is 2. The SMILES string of the molecule is CN[C@@H](C)C(=O)NC1CCc2ccccc2N(Cc2c(OC)ccc3c(C(=O)NSC)cccc23)C1=O. The molecule has 9 heteroatoms. The number of hydrogen-bond donors (Lipinski definition) is 3. The van der Waals surface area contributed by atoms with E-state index in [1.54, 1.807) is 38.3 Å². The normalized spacial score (nSPS) is 16.1. The summed E-state index contributed by atoms with van der Waals surface area (Å²) in [7, 11) is 3.30. The molecule has 1 aliphatic rings. The van der Waals surface area contributed by atoms with Gasteiger partial charge in [-0.1, -0.05) is 42.3 Å². The van der Waals surface area contributed by atoms with Gasteiger partial charge in [0.15, 0.2) is 0 Å². The van der Waals surface area contributed by atoms with Crippen molar-refractivity contribution in [2.45, 2.75) is 38.4 Å². The van der Waals surface area contributed by atoms with Gasteiger partial charge in [-0.15, -0.1) is 0 Å². The molecule has 0 radical (unpaired) electrons. The van der Waals surface area contributed by atoms with E-state index < -0.39 is 12.1 Å². The number of nitrogens with one attached hydrogen (secondary N) is 3. The van der Waals surface area contributed by atoms with Gasteiger partial charge in [0, 0.05) is 23.1 Å². The van der Waals surface area contributed by atoms with Crippen molar-refractivity contribution in [3.8, 4) is 5.75 Å². The zero-order chi connectivity index (χ0) is 26.5. The highest BCUT2D eigenvalue weighted by atomic mass is 32.2. The Labute approximate surface area is 221 Å². The Kier molecular flexibility index (Phi) is 8.35. The Morgan fingerprint density at radius 3 is 2.62 bits per heavy atom. The molecule has 3 aromatic rings. The number of carbonyl (C=O) groups is 3. The molecule has 1 aliphatic heterocycles. The van der Waals surface area contributed by atoms with Crippen LogP contribution in [0.4, 0.5) is 5.69 Å². The molecule has 1 unspecified atom stereocenters. The lowest BCUT2D eigenvalue weighted by Gasteiger charge is -2.28. The summed E-state index contributed by atoms with van der Waals surface area (Å²) >= 11 is 1.24. The molecule has 37 heavy (non-hydrogen) atoms. The maximum atomic E-state index is 13.9. The summed E-state index contributed by atoms with van der Waals surface area (Å²) in [4.78, 5) is 41.1. The zero-order valence-electron chi connectivity index (χ0n) is 21.5. The number of methoxy groups -OCH3 is 1. The second-order valence-corrected chi connectivity index (χ2v) is 9.56. The summed E-state index contributed by atoms with van der Waals surface area (Å²) < 4.78 is 8.50. The summed E-state index contributed by atoms with van der Waals surface area (Å²) in [6, 6.07) is 16.0. The maximum Gasteiger partial charge on any atom is 0.261 e. The first-order chi connectivity index (χ1) is 17.9.